The first kappa shape index (κ1) is 16.6. The Balaban J connectivity index is 2.01. The van der Waals surface area contributed by atoms with E-state index in [-0.39, 0.29) is 4.87 Å². The zero-order valence-corrected chi connectivity index (χ0v) is 15.8. The van der Waals surface area contributed by atoms with Crippen molar-refractivity contribution in [3.8, 4) is 5.88 Å². The second-order valence-electron chi connectivity index (χ2n) is 5.89. The number of benzene rings is 3. The lowest BCUT2D eigenvalue weighted by molar-refractivity contribution is 0.555. The third kappa shape index (κ3) is 3.03. The first-order valence-electron chi connectivity index (χ1n) is 8.32. The molecule has 1 heterocycles. The van der Waals surface area contributed by atoms with Crippen LogP contribution < -0.4 is 24.9 Å². The number of nitrogens with one attached hydrogen (secondary N) is 1. The van der Waals surface area contributed by atoms with Crippen LogP contribution in [-0.4, -0.2) is 13.3 Å². The fraction of sp³-hybridized carbons (Fsp3) is 0. The molecule has 4 aromatic rings. The summed E-state index contributed by atoms with van der Waals surface area (Å²) in [5.74, 6) is 0.517. The molecule has 5 heteroatoms. The molecule has 26 heavy (non-hydrogen) atoms. The Hall–Kier alpha value is -2.89. The molecule has 1 aromatic heterocycles. The van der Waals surface area contributed by atoms with Crippen LogP contribution in [0.25, 0.3) is 0 Å². The van der Waals surface area contributed by atoms with Gasteiger partial charge in [-0.2, -0.15) is 0 Å². The fourth-order valence-corrected chi connectivity index (χ4v) is 7.52. The zero-order chi connectivity index (χ0) is 17.8. The molecule has 0 saturated heterocycles. The predicted molar refractivity (Wildman–Crippen MR) is 110 cm³/mol. The maximum atomic E-state index is 11.7. The molecule has 0 radical (unpaired) electrons. The largest absolute Gasteiger partial charge is 0.518 e. The maximum absolute atomic E-state index is 11.7. The Labute approximate surface area is 156 Å². The summed E-state index contributed by atoms with van der Waals surface area (Å²) >= 11 is 1.12. The maximum Gasteiger partial charge on any atom is 0.348 e. The molecule has 0 amide bonds. The Bertz CT molecular complexity index is 933. The van der Waals surface area contributed by atoms with E-state index in [2.05, 4.69) is 41.4 Å². The number of thiazole rings is 1. The molecule has 0 spiro atoms. The lowest BCUT2D eigenvalue weighted by atomic mass is 10.3. The molecule has 4 rings (SSSR count). The van der Waals surface area contributed by atoms with Crippen molar-refractivity contribution >= 4 is 35.2 Å². The van der Waals surface area contributed by atoms with Crippen LogP contribution in [0.1, 0.15) is 0 Å². The molecule has 0 fully saturated rings. The van der Waals surface area contributed by atoms with Gasteiger partial charge in [0.1, 0.15) is 0 Å². The molecule has 0 atom stereocenters. The lowest BCUT2D eigenvalue weighted by Gasteiger charge is -2.32. The van der Waals surface area contributed by atoms with E-state index in [0.29, 0.717) is 5.88 Å². The number of hydrogen-bond acceptors (Lipinski definition) is 3. The number of rotatable bonds is 5. The summed E-state index contributed by atoms with van der Waals surface area (Å²) < 4.78 is 6.67. The molecule has 0 aliphatic rings. The molecule has 128 valence electrons. The molecule has 0 aliphatic carbocycles. The van der Waals surface area contributed by atoms with E-state index < -0.39 is 8.32 Å². The minimum Gasteiger partial charge on any atom is -0.518 e. The fourth-order valence-electron chi connectivity index (χ4n) is 3.18. The topological polar surface area (TPSA) is 42.1 Å². The van der Waals surface area contributed by atoms with E-state index in [1.54, 1.807) is 5.38 Å². The van der Waals surface area contributed by atoms with Gasteiger partial charge in [0.2, 0.25) is 0 Å². The first-order valence-corrected chi connectivity index (χ1v) is 11.1. The van der Waals surface area contributed by atoms with Crippen molar-refractivity contribution in [3.63, 3.8) is 0 Å². The normalized spacial score (nSPS) is 11.2. The van der Waals surface area contributed by atoms with E-state index >= 15 is 0 Å². The highest BCUT2D eigenvalue weighted by Crippen LogP contribution is 2.15. The summed E-state index contributed by atoms with van der Waals surface area (Å²) in [7, 11) is -2.81. The van der Waals surface area contributed by atoms with Crippen molar-refractivity contribution in [2.45, 2.75) is 0 Å². The predicted octanol–water partition coefficient (Wildman–Crippen LogP) is 2.48. The Morgan fingerprint density at radius 2 is 1.12 bits per heavy atom. The van der Waals surface area contributed by atoms with Gasteiger partial charge in [0, 0.05) is 0 Å². The Morgan fingerprint density at radius 3 is 1.46 bits per heavy atom. The molecule has 0 aliphatic heterocycles. The molecule has 3 aromatic carbocycles. The molecule has 0 bridgehead atoms. The van der Waals surface area contributed by atoms with Gasteiger partial charge in [-0.05, 0) is 15.6 Å². The molecule has 0 saturated carbocycles. The summed E-state index contributed by atoms with van der Waals surface area (Å²) in [4.78, 5) is 14.4. The highest BCUT2D eigenvalue weighted by Gasteiger charge is 2.44. The monoisotopic (exact) mass is 375 g/mol. The minimum atomic E-state index is -2.81. The highest BCUT2D eigenvalue weighted by molar-refractivity contribution is 7.08. The van der Waals surface area contributed by atoms with Crippen LogP contribution >= 0.6 is 11.3 Å². The first-order chi connectivity index (χ1) is 12.8. The van der Waals surface area contributed by atoms with Crippen molar-refractivity contribution < 1.29 is 4.43 Å². The summed E-state index contributed by atoms with van der Waals surface area (Å²) in [6.45, 7) is 0. The van der Waals surface area contributed by atoms with Crippen molar-refractivity contribution in [2.24, 2.45) is 0 Å². The van der Waals surface area contributed by atoms with Crippen molar-refractivity contribution in [1.82, 2.24) is 4.98 Å². The second-order valence-corrected chi connectivity index (χ2v) is 10.0. The van der Waals surface area contributed by atoms with Crippen LogP contribution in [0.4, 0.5) is 0 Å². The van der Waals surface area contributed by atoms with E-state index in [9.17, 15) is 4.79 Å². The average molecular weight is 376 g/mol. The van der Waals surface area contributed by atoms with Gasteiger partial charge < -0.3 is 4.43 Å². The Kier molecular flexibility index (Phi) is 4.56. The van der Waals surface area contributed by atoms with Gasteiger partial charge in [0.15, 0.2) is 5.88 Å². The van der Waals surface area contributed by atoms with Gasteiger partial charge in [-0.15, -0.1) is 0 Å². The van der Waals surface area contributed by atoms with Crippen LogP contribution in [0.15, 0.2) is 101 Å². The molecule has 3 nitrogen and oxygen atoms in total. The van der Waals surface area contributed by atoms with Crippen LogP contribution in [0.5, 0.6) is 5.88 Å². The Morgan fingerprint density at radius 1 is 0.692 bits per heavy atom. The highest BCUT2D eigenvalue weighted by atomic mass is 32.1. The van der Waals surface area contributed by atoms with Gasteiger partial charge in [0.05, 0.1) is 5.38 Å². The van der Waals surface area contributed by atoms with E-state index in [1.165, 1.54) is 0 Å². The number of H-pyrrole nitrogens is 1. The van der Waals surface area contributed by atoms with Crippen LogP contribution in [-0.2, 0) is 0 Å². The second kappa shape index (κ2) is 7.15. The summed E-state index contributed by atoms with van der Waals surface area (Å²) in [6.07, 6.45) is 0. The van der Waals surface area contributed by atoms with Crippen LogP contribution in [0.3, 0.4) is 0 Å². The smallest absolute Gasteiger partial charge is 0.348 e. The number of aromatic nitrogens is 1. The van der Waals surface area contributed by atoms with E-state index in [4.69, 9.17) is 4.43 Å². The number of aromatic amines is 1. The molecule has 1 N–H and O–H groups in total. The standard InChI is InChI=1S/C21H17NO2SSi/c23-21-22-20(16-25-21)24-26(17-10-4-1-5-11-17,18-12-6-2-7-13-18)19-14-8-3-9-15-19/h1-16H,(H,22,23). The average Bonchev–Trinajstić information content (AvgIpc) is 3.13. The van der Waals surface area contributed by atoms with E-state index in [0.717, 1.165) is 26.9 Å². The van der Waals surface area contributed by atoms with Gasteiger partial charge in [-0.1, -0.05) is 102 Å². The summed E-state index contributed by atoms with van der Waals surface area (Å²) in [6, 6.07) is 30.8. The SMILES string of the molecule is O=c1[nH]c(O[Si](c2ccccc2)(c2ccccc2)c2ccccc2)cs1. The van der Waals surface area contributed by atoms with Crippen molar-refractivity contribution in [1.29, 1.82) is 0 Å². The van der Waals surface area contributed by atoms with Crippen LogP contribution in [0.2, 0.25) is 0 Å². The van der Waals surface area contributed by atoms with Gasteiger partial charge in [-0.25, -0.2) is 0 Å². The third-order valence-corrected chi connectivity index (χ3v) is 8.92. The van der Waals surface area contributed by atoms with Gasteiger partial charge in [-0.3, -0.25) is 9.78 Å². The quantitative estimate of drug-likeness (QED) is 0.430. The minimum absolute atomic E-state index is 0.114. The lowest BCUT2D eigenvalue weighted by Crippen LogP contribution is -2.71. The van der Waals surface area contributed by atoms with Gasteiger partial charge in [0.25, 0.3) is 0 Å². The van der Waals surface area contributed by atoms with E-state index in [1.807, 2.05) is 54.6 Å². The van der Waals surface area contributed by atoms with Crippen molar-refractivity contribution in [3.05, 3.63) is 106 Å². The van der Waals surface area contributed by atoms with Crippen molar-refractivity contribution in [2.75, 3.05) is 0 Å². The molecular weight excluding hydrogens is 358 g/mol. The molecule has 0 unspecified atom stereocenters. The summed E-state index contributed by atoms with van der Waals surface area (Å²) in [5, 5.41) is 5.14. The zero-order valence-electron chi connectivity index (χ0n) is 14.0. The molecular formula is C21H17NO2SSi. The third-order valence-electron chi connectivity index (χ3n) is 4.30. The van der Waals surface area contributed by atoms with Gasteiger partial charge >= 0.3 is 13.2 Å². The van der Waals surface area contributed by atoms with Crippen LogP contribution in [0, 0.1) is 0 Å². The summed E-state index contributed by atoms with van der Waals surface area (Å²) in [5.41, 5.74) is 0. The number of hydrogen-bond donors (Lipinski definition) is 1.